The number of urea groups is 1. The molecule has 0 bridgehead atoms. The molecule has 15 heteroatoms. The van der Waals surface area contributed by atoms with Crippen LogP contribution in [0.2, 0.25) is 0 Å². The minimum Gasteiger partial charge on any atom is -0.545 e. The second-order valence-corrected chi connectivity index (χ2v) is 8.12. The molecule has 2 aromatic carbocycles. The SMILES string of the molecule is O=C(Nc1ccc(N/N=C2\C=CC(=O)C(C(=O)[O-])=C2)cc1)Nc1ccc(N/N=C2\C=CC(=O)C(C(=O)[O-])=C2)cc1.[Na+].[Na+]. The minimum atomic E-state index is -1.58. The number of hydrogen-bond donors (Lipinski definition) is 4. The molecule has 200 valence electrons. The smallest absolute Gasteiger partial charge is 0.545 e. The second-order valence-electron chi connectivity index (χ2n) is 8.12. The molecule has 0 aliphatic heterocycles. The summed E-state index contributed by atoms with van der Waals surface area (Å²) in [6, 6.07) is 12.5. The molecule has 4 N–H and O–H groups in total. The zero-order valence-electron chi connectivity index (χ0n) is 22.3. The molecule has 42 heavy (non-hydrogen) atoms. The summed E-state index contributed by atoms with van der Waals surface area (Å²) in [6.07, 6.45) is 7.10. The number of hydrazone groups is 2. The number of rotatable bonds is 8. The number of nitrogens with zero attached hydrogens (tertiary/aromatic N) is 2. The predicted octanol–water partition coefficient (Wildman–Crippen LogP) is -5.50. The third-order valence-electron chi connectivity index (χ3n) is 5.28. The molecule has 0 spiro atoms. The summed E-state index contributed by atoms with van der Waals surface area (Å²) in [5, 5.41) is 35.3. The first-order valence-electron chi connectivity index (χ1n) is 11.4. The van der Waals surface area contributed by atoms with E-state index in [0.717, 1.165) is 24.3 Å². The fourth-order valence-electron chi connectivity index (χ4n) is 3.30. The van der Waals surface area contributed by atoms with Crippen molar-refractivity contribution in [3.8, 4) is 0 Å². The zero-order chi connectivity index (χ0) is 28.6. The number of carboxylic acid groups (broad SMARTS) is 2. The first-order valence-corrected chi connectivity index (χ1v) is 11.4. The van der Waals surface area contributed by atoms with Crippen LogP contribution in [0.1, 0.15) is 0 Å². The summed E-state index contributed by atoms with van der Waals surface area (Å²) in [7, 11) is 0. The van der Waals surface area contributed by atoms with Gasteiger partial charge in [-0.15, -0.1) is 0 Å². The summed E-state index contributed by atoms with van der Waals surface area (Å²) < 4.78 is 0. The van der Waals surface area contributed by atoms with Crippen molar-refractivity contribution in [1.82, 2.24) is 0 Å². The quantitative estimate of drug-likeness (QED) is 0.101. The largest absolute Gasteiger partial charge is 1.00 e. The summed E-state index contributed by atoms with van der Waals surface area (Å²) >= 11 is 0. The number of benzene rings is 2. The number of allylic oxidation sites excluding steroid dienone is 6. The molecule has 13 nitrogen and oxygen atoms in total. The molecule has 0 atom stereocenters. The van der Waals surface area contributed by atoms with Crippen LogP contribution in [0.5, 0.6) is 0 Å². The number of amides is 2. The van der Waals surface area contributed by atoms with Crippen molar-refractivity contribution < 1.29 is 93.3 Å². The number of carbonyl (C=O) groups excluding carboxylic acids is 5. The van der Waals surface area contributed by atoms with E-state index in [1.807, 2.05) is 0 Å². The van der Waals surface area contributed by atoms with E-state index in [2.05, 4.69) is 31.7 Å². The van der Waals surface area contributed by atoms with Crippen LogP contribution in [-0.4, -0.2) is 41.0 Å². The molecule has 2 amide bonds. The van der Waals surface area contributed by atoms with E-state index < -0.39 is 40.7 Å². The molecule has 2 aromatic rings. The van der Waals surface area contributed by atoms with Gasteiger partial charge in [-0.05, 0) is 85.0 Å². The normalized spacial score (nSPS) is 15.5. The van der Waals surface area contributed by atoms with Crippen molar-refractivity contribution in [1.29, 1.82) is 0 Å². The maximum Gasteiger partial charge on any atom is 1.00 e. The Hall–Kier alpha value is -4.11. The van der Waals surface area contributed by atoms with Crippen LogP contribution < -0.4 is 90.8 Å². The average molecular weight is 584 g/mol. The molecule has 0 saturated carbocycles. The van der Waals surface area contributed by atoms with Gasteiger partial charge in [0.15, 0.2) is 11.6 Å². The van der Waals surface area contributed by atoms with Crippen LogP contribution >= 0.6 is 0 Å². The van der Waals surface area contributed by atoms with Gasteiger partial charge in [-0.1, -0.05) is 0 Å². The van der Waals surface area contributed by atoms with Crippen LogP contribution in [-0.2, 0) is 19.2 Å². The van der Waals surface area contributed by atoms with Crippen molar-refractivity contribution in [2.24, 2.45) is 10.2 Å². The van der Waals surface area contributed by atoms with E-state index in [0.29, 0.717) is 22.7 Å². The van der Waals surface area contributed by atoms with Crippen LogP contribution in [0.3, 0.4) is 0 Å². The monoisotopic (exact) mass is 584 g/mol. The van der Waals surface area contributed by atoms with E-state index in [1.54, 1.807) is 48.5 Å². The van der Waals surface area contributed by atoms with Gasteiger partial charge in [0.2, 0.25) is 0 Å². The Morgan fingerprint density at radius 2 is 0.881 bits per heavy atom. The molecular weight excluding hydrogens is 566 g/mol. The fourth-order valence-corrected chi connectivity index (χ4v) is 3.30. The Morgan fingerprint density at radius 1 is 0.548 bits per heavy atom. The number of aliphatic carboxylic acids is 2. The van der Waals surface area contributed by atoms with Gasteiger partial charge in [0.05, 0.1) is 34.7 Å². The van der Waals surface area contributed by atoms with Crippen molar-refractivity contribution in [3.63, 3.8) is 0 Å². The third-order valence-corrected chi connectivity index (χ3v) is 5.28. The molecule has 0 saturated heterocycles. The molecule has 0 aromatic heterocycles. The first-order chi connectivity index (χ1) is 19.2. The third kappa shape index (κ3) is 9.48. The first kappa shape index (κ1) is 34.1. The van der Waals surface area contributed by atoms with Crippen molar-refractivity contribution in [2.45, 2.75) is 0 Å². The molecule has 2 aliphatic rings. The van der Waals surface area contributed by atoms with E-state index in [4.69, 9.17) is 0 Å². The molecule has 0 radical (unpaired) electrons. The van der Waals surface area contributed by atoms with Crippen LogP contribution in [0.15, 0.2) is 106 Å². The number of ketones is 2. The Labute approximate surface area is 282 Å². The number of anilines is 4. The van der Waals surface area contributed by atoms with E-state index in [1.165, 1.54) is 12.2 Å². The molecule has 0 fully saturated rings. The van der Waals surface area contributed by atoms with Crippen LogP contribution in [0, 0.1) is 0 Å². The Bertz CT molecular complexity index is 1470. The Balaban J connectivity index is 0.00000308. The average Bonchev–Trinajstić information content (AvgIpc) is 2.93. The molecule has 2 aliphatic carbocycles. The number of carbonyl (C=O) groups is 5. The van der Waals surface area contributed by atoms with Gasteiger partial charge in [-0.3, -0.25) is 20.4 Å². The van der Waals surface area contributed by atoms with Crippen molar-refractivity contribution in [3.05, 3.63) is 96.1 Å². The summed E-state index contributed by atoms with van der Waals surface area (Å²) in [6.45, 7) is 0. The van der Waals surface area contributed by atoms with Gasteiger partial charge in [0, 0.05) is 22.5 Å². The van der Waals surface area contributed by atoms with E-state index >= 15 is 0 Å². The summed E-state index contributed by atoms with van der Waals surface area (Å²) in [4.78, 5) is 57.3. The Morgan fingerprint density at radius 3 is 1.21 bits per heavy atom. The maximum absolute atomic E-state index is 12.4. The molecule has 0 unspecified atom stereocenters. The van der Waals surface area contributed by atoms with Gasteiger partial charge in [0.25, 0.3) is 0 Å². The molecular formula is C27H18N6Na2O7. The van der Waals surface area contributed by atoms with Gasteiger partial charge in [-0.2, -0.15) is 10.2 Å². The standard InChI is InChI=1S/C27H20N6O7.2Na/c34-23-11-9-19(13-21(23)25(36)37)32-30-17-5-1-15(2-6-17)28-27(40)29-16-3-7-18(8-4-16)31-33-20-10-12-24(35)22(14-20)26(38)39;;/h1-14,30-31H,(H,36,37)(H,38,39)(H2,28,29,40);;/q;2*+1/p-2/b32-19+,33-20+;;. The number of hydrogen-bond acceptors (Lipinski definition) is 11. The number of nitrogens with one attached hydrogen (secondary N) is 4. The maximum atomic E-state index is 12.4. The Kier molecular flexibility index (Phi) is 12.8. The fraction of sp³-hybridized carbons (Fsp3) is 0. The summed E-state index contributed by atoms with van der Waals surface area (Å²) in [5.41, 5.74) is 6.96. The van der Waals surface area contributed by atoms with Crippen molar-refractivity contribution >= 4 is 63.7 Å². The van der Waals surface area contributed by atoms with E-state index in [9.17, 15) is 34.2 Å². The zero-order valence-corrected chi connectivity index (χ0v) is 26.3. The van der Waals surface area contributed by atoms with Crippen LogP contribution in [0.4, 0.5) is 27.5 Å². The second kappa shape index (κ2) is 15.8. The molecule has 0 heterocycles. The molecule has 4 rings (SSSR count). The van der Waals surface area contributed by atoms with Crippen molar-refractivity contribution in [2.75, 3.05) is 21.5 Å². The minimum absolute atomic E-state index is 0. The summed E-state index contributed by atoms with van der Waals surface area (Å²) in [5.74, 6) is -4.51. The van der Waals surface area contributed by atoms with Gasteiger partial charge in [0.1, 0.15) is 0 Å². The predicted molar refractivity (Wildman–Crippen MR) is 142 cm³/mol. The van der Waals surface area contributed by atoms with Gasteiger partial charge < -0.3 is 30.4 Å². The van der Waals surface area contributed by atoms with Crippen LogP contribution in [0.25, 0.3) is 0 Å². The van der Waals surface area contributed by atoms with Gasteiger partial charge >= 0.3 is 65.1 Å². The topological polar surface area (TPSA) is 204 Å². The van der Waals surface area contributed by atoms with Gasteiger partial charge in [-0.25, -0.2) is 4.79 Å². The number of carboxylic acids is 2. The van der Waals surface area contributed by atoms with E-state index in [-0.39, 0.29) is 70.5 Å².